The summed E-state index contributed by atoms with van der Waals surface area (Å²) in [6.07, 6.45) is 2.89. The van der Waals surface area contributed by atoms with Crippen molar-refractivity contribution in [2.24, 2.45) is 0 Å². The molecule has 0 aromatic carbocycles. The number of aliphatic hydroxyl groups is 1. The molecule has 1 aromatic heterocycles. The Kier molecular flexibility index (Phi) is 2.04. The maximum Gasteiger partial charge on any atom is 0.116 e. The fourth-order valence-corrected chi connectivity index (χ4v) is 2.10. The molecule has 1 aliphatic carbocycles. The second kappa shape index (κ2) is 3.07. The first-order chi connectivity index (χ1) is 6.24. The van der Waals surface area contributed by atoms with Crippen LogP contribution in [0.3, 0.4) is 0 Å². The van der Waals surface area contributed by atoms with Crippen LogP contribution >= 0.6 is 0 Å². The average molecular weight is 178 g/mol. The van der Waals surface area contributed by atoms with E-state index in [1.807, 2.05) is 0 Å². The van der Waals surface area contributed by atoms with Crippen LogP contribution in [0.5, 0.6) is 0 Å². The average Bonchev–Trinajstić information content (AvgIpc) is 2.43. The van der Waals surface area contributed by atoms with E-state index in [1.165, 1.54) is 5.56 Å². The van der Waals surface area contributed by atoms with Crippen LogP contribution in [-0.2, 0) is 6.42 Å². The van der Waals surface area contributed by atoms with E-state index in [1.54, 1.807) is 6.33 Å². The summed E-state index contributed by atoms with van der Waals surface area (Å²) < 4.78 is 0. The Morgan fingerprint density at radius 3 is 3.00 bits per heavy atom. The van der Waals surface area contributed by atoms with Crippen molar-refractivity contribution in [3.8, 4) is 0 Å². The third kappa shape index (κ3) is 1.23. The second-order valence-corrected chi connectivity index (χ2v) is 3.63. The minimum absolute atomic E-state index is 0.377. The van der Waals surface area contributed by atoms with E-state index in [-0.39, 0.29) is 6.10 Å². The van der Waals surface area contributed by atoms with Crippen LogP contribution in [0, 0.1) is 0 Å². The molecule has 1 aromatic rings. The van der Waals surface area contributed by atoms with E-state index in [0.29, 0.717) is 5.92 Å². The molecule has 1 aliphatic rings. The number of aliphatic hydroxyl groups excluding tert-OH is 1. The van der Waals surface area contributed by atoms with Crippen molar-refractivity contribution in [1.82, 2.24) is 9.97 Å². The minimum atomic E-state index is -0.377. The molecule has 70 valence electrons. The Labute approximate surface area is 77.8 Å². The Bertz CT molecular complexity index is 325. The summed E-state index contributed by atoms with van der Waals surface area (Å²) in [7, 11) is 0. The molecule has 2 rings (SSSR count). The van der Waals surface area contributed by atoms with Crippen molar-refractivity contribution >= 4 is 0 Å². The summed E-state index contributed by atoms with van der Waals surface area (Å²) in [5, 5.41) is 9.68. The van der Waals surface area contributed by atoms with E-state index in [2.05, 4.69) is 23.8 Å². The number of fused-ring (bicyclic) bond motifs is 1. The van der Waals surface area contributed by atoms with Crippen LogP contribution in [0.15, 0.2) is 6.33 Å². The van der Waals surface area contributed by atoms with Crippen LogP contribution in [0.25, 0.3) is 0 Å². The summed E-state index contributed by atoms with van der Waals surface area (Å²) in [5.41, 5.74) is 3.12. The van der Waals surface area contributed by atoms with Gasteiger partial charge in [0, 0.05) is 11.3 Å². The van der Waals surface area contributed by atoms with Gasteiger partial charge in [-0.15, -0.1) is 0 Å². The molecule has 0 amide bonds. The van der Waals surface area contributed by atoms with Crippen molar-refractivity contribution in [2.45, 2.75) is 38.7 Å². The Morgan fingerprint density at radius 1 is 1.54 bits per heavy atom. The van der Waals surface area contributed by atoms with Crippen molar-refractivity contribution in [3.63, 3.8) is 0 Å². The number of rotatable bonds is 1. The molecule has 0 radical (unpaired) electrons. The highest BCUT2D eigenvalue weighted by Crippen LogP contribution is 2.39. The SMILES string of the molecule is CCc1ncnc2c1C(C)CC2O. The quantitative estimate of drug-likeness (QED) is 0.710. The van der Waals surface area contributed by atoms with Gasteiger partial charge in [0.25, 0.3) is 0 Å². The molecule has 0 bridgehead atoms. The van der Waals surface area contributed by atoms with Gasteiger partial charge in [-0.2, -0.15) is 0 Å². The predicted molar refractivity (Wildman–Crippen MR) is 49.4 cm³/mol. The summed E-state index contributed by atoms with van der Waals surface area (Å²) in [5.74, 6) is 0.404. The van der Waals surface area contributed by atoms with Gasteiger partial charge in [0.2, 0.25) is 0 Å². The van der Waals surface area contributed by atoms with Crippen molar-refractivity contribution < 1.29 is 5.11 Å². The molecule has 0 aliphatic heterocycles. The van der Waals surface area contributed by atoms with Crippen LogP contribution in [0.4, 0.5) is 0 Å². The number of hydrogen-bond donors (Lipinski definition) is 1. The molecule has 13 heavy (non-hydrogen) atoms. The number of aromatic nitrogens is 2. The predicted octanol–water partition coefficient (Wildman–Crippen LogP) is 1.58. The first-order valence-corrected chi connectivity index (χ1v) is 4.75. The summed E-state index contributed by atoms with van der Waals surface area (Å²) in [6.45, 7) is 4.21. The topological polar surface area (TPSA) is 46.0 Å². The van der Waals surface area contributed by atoms with E-state index < -0.39 is 0 Å². The Hall–Kier alpha value is -0.960. The van der Waals surface area contributed by atoms with Gasteiger partial charge in [0.1, 0.15) is 6.33 Å². The van der Waals surface area contributed by atoms with Crippen LogP contribution in [0.1, 0.15) is 49.2 Å². The molecule has 1 N–H and O–H groups in total. The number of hydrogen-bond acceptors (Lipinski definition) is 3. The van der Waals surface area contributed by atoms with Gasteiger partial charge in [-0.1, -0.05) is 13.8 Å². The lowest BCUT2D eigenvalue weighted by atomic mass is 10.0. The van der Waals surface area contributed by atoms with Gasteiger partial charge in [-0.25, -0.2) is 9.97 Å². The van der Waals surface area contributed by atoms with Gasteiger partial charge in [0.05, 0.1) is 11.8 Å². The summed E-state index contributed by atoms with van der Waals surface area (Å²) >= 11 is 0. The molecule has 2 atom stereocenters. The van der Waals surface area contributed by atoms with Gasteiger partial charge in [-0.3, -0.25) is 0 Å². The van der Waals surface area contributed by atoms with Crippen molar-refractivity contribution in [3.05, 3.63) is 23.3 Å². The van der Waals surface area contributed by atoms with Crippen LogP contribution in [-0.4, -0.2) is 15.1 Å². The van der Waals surface area contributed by atoms with Gasteiger partial charge < -0.3 is 5.11 Å². The zero-order valence-corrected chi connectivity index (χ0v) is 7.99. The minimum Gasteiger partial charge on any atom is -0.387 e. The summed E-state index contributed by atoms with van der Waals surface area (Å²) in [4.78, 5) is 8.37. The molecular formula is C10H14N2O. The molecule has 0 spiro atoms. The zero-order chi connectivity index (χ0) is 9.42. The van der Waals surface area contributed by atoms with E-state index in [0.717, 1.165) is 24.2 Å². The monoisotopic (exact) mass is 178 g/mol. The lowest BCUT2D eigenvalue weighted by molar-refractivity contribution is 0.170. The maximum absolute atomic E-state index is 9.68. The number of nitrogens with zero attached hydrogens (tertiary/aromatic N) is 2. The third-order valence-corrected chi connectivity index (χ3v) is 2.72. The number of aryl methyl sites for hydroxylation is 1. The van der Waals surface area contributed by atoms with E-state index in [4.69, 9.17) is 0 Å². The Morgan fingerprint density at radius 2 is 2.31 bits per heavy atom. The van der Waals surface area contributed by atoms with Gasteiger partial charge in [-0.05, 0) is 18.8 Å². The van der Waals surface area contributed by atoms with Gasteiger partial charge in [0.15, 0.2) is 0 Å². The standard InChI is InChI=1S/C10H14N2O/c1-3-7-9-6(2)4-8(13)10(9)12-5-11-7/h5-6,8,13H,3-4H2,1-2H3. The first kappa shape index (κ1) is 8.63. The molecule has 0 fully saturated rings. The van der Waals surface area contributed by atoms with Gasteiger partial charge >= 0.3 is 0 Å². The van der Waals surface area contributed by atoms with Crippen molar-refractivity contribution in [2.75, 3.05) is 0 Å². The van der Waals surface area contributed by atoms with Crippen LogP contribution in [0.2, 0.25) is 0 Å². The van der Waals surface area contributed by atoms with Crippen LogP contribution < -0.4 is 0 Å². The molecular weight excluding hydrogens is 164 g/mol. The smallest absolute Gasteiger partial charge is 0.116 e. The highest BCUT2D eigenvalue weighted by molar-refractivity contribution is 5.34. The lowest BCUT2D eigenvalue weighted by Gasteiger charge is -2.07. The molecule has 1 heterocycles. The lowest BCUT2D eigenvalue weighted by Crippen LogP contribution is -2.01. The zero-order valence-electron chi connectivity index (χ0n) is 7.99. The fraction of sp³-hybridized carbons (Fsp3) is 0.600. The highest BCUT2D eigenvalue weighted by atomic mass is 16.3. The molecule has 0 saturated carbocycles. The fourth-order valence-electron chi connectivity index (χ4n) is 2.10. The maximum atomic E-state index is 9.68. The largest absolute Gasteiger partial charge is 0.387 e. The van der Waals surface area contributed by atoms with E-state index in [9.17, 15) is 5.11 Å². The Balaban J connectivity index is 2.55. The molecule has 0 saturated heterocycles. The molecule has 2 unspecified atom stereocenters. The van der Waals surface area contributed by atoms with Crippen molar-refractivity contribution in [1.29, 1.82) is 0 Å². The highest BCUT2D eigenvalue weighted by Gasteiger charge is 2.30. The summed E-state index contributed by atoms with van der Waals surface area (Å²) in [6, 6.07) is 0. The van der Waals surface area contributed by atoms with E-state index >= 15 is 0 Å². The third-order valence-electron chi connectivity index (χ3n) is 2.72. The molecule has 3 heteroatoms. The first-order valence-electron chi connectivity index (χ1n) is 4.75. The second-order valence-electron chi connectivity index (χ2n) is 3.63. The molecule has 3 nitrogen and oxygen atoms in total. The normalized spacial score (nSPS) is 26.1.